The van der Waals surface area contributed by atoms with Gasteiger partial charge in [-0.1, -0.05) is 69.6 Å². The van der Waals surface area contributed by atoms with Gasteiger partial charge in [0.1, 0.15) is 5.71 Å². The second-order valence-electron chi connectivity index (χ2n) is 1.57. The second kappa shape index (κ2) is 4.08. The van der Waals surface area contributed by atoms with E-state index in [0.29, 0.717) is 0 Å². The molecule has 1 nitrogen and oxygen atoms in total. The van der Waals surface area contributed by atoms with E-state index in [4.69, 9.17) is 69.6 Å². The highest BCUT2D eigenvalue weighted by molar-refractivity contribution is 6.87. The molecule has 0 bridgehead atoms. The van der Waals surface area contributed by atoms with Crippen molar-refractivity contribution < 1.29 is 0 Å². The van der Waals surface area contributed by atoms with Crippen LogP contribution in [0.25, 0.3) is 0 Å². The maximum Gasteiger partial charge on any atom is 0.232 e. The van der Waals surface area contributed by atoms with Crippen molar-refractivity contribution in [1.82, 2.24) is 0 Å². The summed E-state index contributed by atoms with van der Waals surface area (Å²) in [6, 6.07) is 0. The van der Waals surface area contributed by atoms with Crippen LogP contribution < -0.4 is 0 Å². The summed E-state index contributed by atoms with van der Waals surface area (Å²) in [5.74, 6) is 0. The van der Waals surface area contributed by atoms with Gasteiger partial charge in [0.15, 0.2) is 0 Å². The van der Waals surface area contributed by atoms with Gasteiger partial charge in [0.25, 0.3) is 0 Å². The van der Waals surface area contributed by atoms with Crippen molar-refractivity contribution in [2.45, 2.75) is 7.59 Å². The molecular weight excluding hydrogens is 275 g/mol. The normalized spacial score (nSPS) is 13.0. The summed E-state index contributed by atoms with van der Waals surface area (Å²) in [6.45, 7) is 0. The topological polar surface area (TPSA) is 12.4 Å². The Balaban J connectivity index is 4.74. The number of nitrogens with zero attached hydrogens (tertiary/aromatic N) is 1. The van der Waals surface area contributed by atoms with Crippen LogP contribution in [0.5, 0.6) is 0 Å². The number of halogens is 6. The molecule has 0 rings (SSSR count). The summed E-state index contributed by atoms with van der Waals surface area (Å²) in [7, 11) is 1.37. The van der Waals surface area contributed by atoms with Gasteiger partial charge >= 0.3 is 0 Å². The van der Waals surface area contributed by atoms with Crippen LogP contribution in [0, 0.1) is 0 Å². The van der Waals surface area contributed by atoms with Gasteiger partial charge < -0.3 is 0 Å². The monoisotopic (exact) mass is 275 g/mol. The molecule has 0 aromatic heterocycles. The Hall–Kier alpha value is 1.41. The zero-order valence-electron chi connectivity index (χ0n) is 5.22. The third-order valence-corrected chi connectivity index (χ3v) is 1.83. The highest BCUT2D eigenvalue weighted by atomic mass is 35.6. The van der Waals surface area contributed by atoms with Crippen molar-refractivity contribution in [2.24, 2.45) is 4.99 Å². The Morgan fingerprint density at radius 3 is 1.18 bits per heavy atom. The largest absolute Gasteiger partial charge is 0.288 e. The molecule has 0 aliphatic heterocycles. The van der Waals surface area contributed by atoms with E-state index < -0.39 is 7.59 Å². The Morgan fingerprint density at radius 1 is 0.909 bits per heavy atom. The number of hydrogen-bond donors (Lipinski definition) is 0. The van der Waals surface area contributed by atoms with E-state index in [0.717, 1.165) is 0 Å². The van der Waals surface area contributed by atoms with Crippen LogP contribution in [0.15, 0.2) is 4.99 Å². The minimum Gasteiger partial charge on any atom is -0.288 e. The van der Waals surface area contributed by atoms with Gasteiger partial charge in [-0.2, -0.15) is 0 Å². The number of alkyl halides is 6. The van der Waals surface area contributed by atoms with E-state index in [1.165, 1.54) is 7.05 Å². The van der Waals surface area contributed by atoms with Crippen molar-refractivity contribution in [3.8, 4) is 0 Å². The summed E-state index contributed by atoms with van der Waals surface area (Å²) in [5.41, 5.74) is -0.125. The van der Waals surface area contributed by atoms with Crippen molar-refractivity contribution >= 4 is 75.3 Å². The first-order valence-electron chi connectivity index (χ1n) is 2.30. The van der Waals surface area contributed by atoms with E-state index in [2.05, 4.69) is 4.99 Å². The first-order valence-corrected chi connectivity index (χ1v) is 4.57. The summed E-state index contributed by atoms with van der Waals surface area (Å²) in [5, 5.41) is 0. The molecule has 0 saturated heterocycles. The molecule has 0 aliphatic carbocycles. The fraction of sp³-hybridized carbons (Fsp3) is 0.750. The number of hydrogen-bond acceptors (Lipinski definition) is 1. The molecule has 11 heavy (non-hydrogen) atoms. The summed E-state index contributed by atoms with van der Waals surface area (Å²) in [6.07, 6.45) is 0. The average molecular weight is 278 g/mol. The smallest absolute Gasteiger partial charge is 0.232 e. The zero-order chi connectivity index (χ0) is 9.28. The molecule has 0 aliphatic rings. The fourth-order valence-electron chi connectivity index (χ4n) is 0.414. The Bertz CT molecular complexity index is 146. The molecule has 0 spiro atoms. The quantitative estimate of drug-likeness (QED) is 0.472. The number of rotatable bonds is 0. The molecule has 0 aromatic carbocycles. The van der Waals surface area contributed by atoms with E-state index in [1.54, 1.807) is 0 Å². The Labute approximate surface area is 94.5 Å². The predicted molar refractivity (Wildman–Crippen MR) is 53.9 cm³/mol. The van der Waals surface area contributed by atoms with Crippen LogP contribution in [0.4, 0.5) is 0 Å². The average Bonchev–Trinajstić information content (AvgIpc) is 1.56. The molecule has 0 N–H and O–H groups in total. The van der Waals surface area contributed by atoms with Crippen molar-refractivity contribution in [2.75, 3.05) is 7.05 Å². The first kappa shape index (κ1) is 12.4. The molecule has 0 amide bonds. The highest BCUT2D eigenvalue weighted by Gasteiger charge is 2.41. The molecule has 0 atom stereocenters. The second-order valence-corrected chi connectivity index (χ2v) is 6.13. The lowest BCUT2D eigenvalue weighted by atomic mass is 10.5. The third-order valence-electron chi connectivity index (χ3n) is 0.761. The summed E-state index contributed by atoms with van der Waals surface area (Å²) >= 11 is 32.6. The van der Waals surface area contributed by atoms with Crippen molar-refractivity contribution in [1.29, 1.82) is 0 Å². The minimum atomic E-state index is -1.78. The van der Waals surface area contributed by atoms with Gasteiger partial charge in [0.05, 0.1) is 0 Å². The maximum absolute atomic E-state index is 5.43. The van der Waals surface area contributed by atoms with Crippen LogP contribution >= 0.6 is 69.6 Å². The van der Waals surface area contributed by atoms with Crippen LogP contribution in [-0.2, 0) is 0 Å². The lowest BCUT2D eigenvalue weighted by molar-refractivity contribution is 1.30. The fourth-order valence-corrected chi connectivity index (χ4v) is 2.21. The number of aliphatic imine (C=N–C) groups is 1. The summed E-state index contributed by atoms with van der Waals surface area (Å²) < 4.78 is -3.56. The van der Waals surface area contributed by atoms with Gasteiger partial charge in [0, 0.05) is 7.05 Å². The van der Waals surface area contributed by atoms with Gasteiger partial charge in [-0.3, -0.25) is 4.99 Å². The molecule has 0 fully saturated rings. The van der Waals surface area contributed by atoms with Gasteiger partial charge in [-0.15, -0.1) is 0 Å². The van der Waals surface area contributed by atoms with E-state index in [9.17, 15) is 0 Å². The van der Waals surface area contributed by atoms with Crippen LogP contribution in [0.3, 0.4) is 0 Å². The van der Waals surface area contributed by atoms with Gasteiger partial charge in [-0.25, -0.2) is 0 Å². The molecule has 0 saturated carbocycles. The Kier molecular flexibility index (Phi) is 4.60. The standard InChI is InChI=1S/C4H3Cl6N/c1-11-2(3(5,6)7)4(8,9)10/h1H3. The van der Waals surface area contributed by atoms with Crippen LogP contribution in [-0.4, -0.2) is 20.3 Å². The lowest BCUT2D eigenvalue weighted by Crippen LogP contribution is -2.32. The first-order chi connectivity index (χ1) is 4.69. The minimum absolute atomic E-state index is 0.125. The predicted octanol–water partition coefficient (Wildman–Crippen LogP) is 3.80. The molecule has 0 radical (unpaired) electrons. The Morgan fingerprint density at radius 2 is 1.18 bits per heavy atom. The van der Waals surface area contributed by atoms with Gasteiger partial charge in [0.2, 0.25) is 7.59 Å². The van der Waals surface area contributed by atoms with Crippen molar-refractivity contribution in [3.63, 3.8) is 0 Å². The van der Waals surface area contributed by atoms with E-state index >= 15 is 0 Å². The third kappa shape index (κ3) is 4.25. The molecule has 7 heteroatoms. The molecule has 0 heterocycles. The molecule has 66 valence electrons. The maximum atomic E-state index is 5.43. The van der Waals surface area contributed by atoms with E-state index in [1.807, 2.05) is 0 Å². The highest BCUT2D eigenvalue weighted by Crippen LogP contribution is 2.40. The molecular formula is C4H3Cl6N. The van der Waals surface area contributed by atoms with Crippen molar-refractivity contribution in [3.05, 3.63) is 0 Å². The van der Waals surface area contributed by atoms with Gasteiger partial charge in [-0.05, 0) is 0 Å². The molecule has 0 unspecified atom stereocenters. The molecule has 0 aromatic rings. The SMILES string of the molecule is CN=C(C(Cl)(Cl)Cl)C(Cl)(Cl)Cl. The summed E-state index contributed by atoms with van der Waals surface area (Å²) in [4.78, 5) is 3.56. The van der Waals surface area contributed by atoms with Crippen LogP contribution in [0.1, 0.15) is 0 Å². The van der Waals surface area contributed by atoms with E-state index in [-0.39, 0.29) is 5.71 Å². The van der Waals surface area contributed by atoms with Crippen LogP contribution in [0.2, 0.25) is 0 Å². The lowest BCUT2D eigenvalue weighted by Gasteiger charge is -2.20. The zero-order valence-corrected chi connectivity index (χ0v) is 9.75.